The first kappa shape index (κ1) is 18.3. The number of piperidine rings is 1. The summed E-state index contributed by atoms with van der Waals surface area (Å²) in [6.07, 6.45) is 0.203. The van der Waals surface area contributed by atoms with E-state index in [1.807, 2.05) is 6.92 Å². The second-order valence-electron chi connectivity index (χ2n) is 6.86. The van der Waals surface area contributed by atoms with E-state index in [-0.39, 0.29) is 34.9 Å². The highest BCUT2D eigenvalue weighted by Crippen LogP contribution is 2.34. The van der Waals surface area contributed by atoms with Crippen LogP contribution in [-0.2, 0) is 0 Å². The Labute approximate surface area is 158 Å². The molecule has 10 heteroatoms. The van der Waals surface area contributed by atoms with Gasteiger partial charge in [-0.25, -0.2) is 27.7 Å². The molecule has 0 bridgehead atoms. The molecule has 4 heterocycles. The number of halogens is 3. The zero-order valence-electron chi connectivity index (χ0n) is 15.0. The third-order valence-corrected chi connectivity index (χ3v) is 5.09. The van der Waals surface area contributed by atoms with Crippen LogP contribution in [0.15, 0.2) is 30.7 Å². The van der Waals surface area contributed by atoms with Crippen LogP contribution in [0, 0.1) is 11.7 Å². The highest BCUT2D eigenvalue weighted by molar-refractivity contribution is 5.92. The van der Waals surface area contributed by atoms with E-state index >= 15 is 0 Å². The summed E-state index contributed by atoms with van der Waals surface area (Å²) in [5.74, 6) is -0.849. The number of alkyl halides is 2. The Morgan fingerprint density at radius 3 is 2.82 bits per heavy atom. The maximum Gasteiger partial charge on any atom is 0.280 e. The molecule has 1 aliphatic rings. The number of hydrogen-bond acceptors (Lipinski definition) is 5. The van der Waals surface area contributed by atoms with E-state index in [9.17, 15) is 18.0 Å². The van der Waals surface area contributed by atoms with E-state index in [4.69, 9.17) is 0 Å². The Morgan fingerprint density at radius 2 is 2.11 bits per heavy atom. The smallest absolute Gasteiger partial charge is 0.280 e. The Hall–Kier alpha value is -3.04. The zero-order valence-corrected chi connectivity index (χ0v) is 15.0. The van der Waals surface area contributed by atoms with Crippen LogP contribution in [0.1, 0.15) is 47.6 Å². The third-order valence-electron chi connectivity index (χ3n) is 5.09. The quantitative estimate of drug-likeness (QED) is 0.687. The lowest BCUT2D eigenvalue weighted by Crippen LogP contribution is -2.43. The summed E-state index contributed by atoms with van der Waals surface area (Å²) >= 11 is 0. The zero-order chi connectivity index (χ0) is 19.8. The largest absolute Gasteiger partial charge is 0.337 e. The maximum atomic E-state index is 13.3. The van der Waals surface area contributed by atoms with Crippen molar-refractivity contribution in [3.8, 4) is 0 Å². The van der Waals surface area contributed by atoms with Gasteiger partial charge in [-0.2, -0.15) is 10.1 Å². The van der Waals surface area contributed by atoms with Crippen molar-refractivity contribution in [2.75, 3.05) is 13.1 Å². The first-order valence-corrected chi connectivity index (χ1v) is 8.83. The van der Waals surface area contributed by atoms with Gasteiger partial charge in [0.05, 0.1) is 11.9 Å². The number of nitrogens with zero attached hydrogens (tertiary/aromatic N) is 6. The number of carbonyl (C=O) groups excluding carboxylic acids is 1. The van der Waals surface area contributed by atoms with Gasteiger partial charge in [-0.05, 0) is 30.5 Å². The lowest BCUT2D eigenvalue weighted by atomic mass is 9.84. The fourth-order valence-electron chi connectivity index (χ4n) is 3.53. The summed E-state index contributed by atoms with van der Waals surface area (Å²) in [7, 11) is 0. The summed E-state index contributed by atoms with van der Waals surface area (Å²) in [6, 6.07) is 3.85. The Morgan fingerprint density at radius 1 is 1.29 bits per heavy atom. The number of amides is 1. The molecule has 0 radical (unpaired) electrons. The number of hydrogen-bond donors (Lipinski definition) is 0. The van der Waals surface area contributed by atoms with Crippen LogP contribution in [0.4, 0.5) is 13.2 Å². The van der Waals surface area contributed by atoms with E-state index in [1.54, 1.807) is 4.90 Å². The number of fused-ring (bicyclic) bond motifs is 1. The van der Waals surface area contributed by atoms with Crippen LogP contribution in [0.25, 0.3) is 5.78 Å². The van der Waals surface area contributed by atoms with Gasteiger partial charge in [0.2, 0.25) is 0 Å². The maximum absolute atomic E-state index is 13.3. The fourth-order valence-corrected chi connectivity index (χ4v) is 3.53. The first-order chi connectivity index (χ1) is 13.4. The minimum absolute atomic E-state index is 0.101. The van der Waals surface area contributed by atoms with Crippen molar-refractivity contribution in [2.45, 2.75) is 25.7 Å². The molecule has 1 saturated heterocycles. The van der Waals surface area contributed by atoms with Crippen LogP contribution in [0.2, 0.25) is 0 Å². The monoisotopic (exact) mass is 390 g/mol. The van der Waals surface area contributed by atoms with E-state index in [1.165, 1.54) is 29.0 Å². The molecule has 2 atom stereocenters. The van der Waals surface area contributed by atoms with Gasteiger partial charge in [0.25, 0.3) is 18.1 Å². The van der Waals surface area contributed by atoms with Crippen molar-refractivity contribution in [2.24, 2.45) is 5.92 Å². The van der Waals surface area contributed by atoms with Crippen LogP contribution in [0.5, 0.6) is 0 Å². The van der Waals surface area contributed by atoms with Gasteiger partial charge < -0.3 is 4.90 Å². The van der Waals surface area contributed by atoms with Crippen molar-refractivity contribution >= 4 is 11.7 Å². The minimum atomic E-state index is -2.74. The number of rotatable bonds is 3. The van der Waals surface area contributed by atoms with Gasteiger partial charge in [0.1, 0.15) is 23.5 Å². The summed E-state index contributed by atoms with van der Waals surface area (Å²) in [4.78, 5) is 26.0. The molecule has 0 spiro atoms. The molecular formula is C18H17F3N6O. The number of aromatic nitrogens is 5. The Balaban J connectivity index is 1.67. The van der Waals surface area contributed by atoms with Gasteiger partial charge in [-0.3, -0.25) is 4.79 Å². The SMILES string of the molecule is C[C@@H]1CCN(C(=O)c2ccc(F)cn2)C[C@H]1c1cc(C(F)F)nc2ncnn12. The van der Waals surface area contributed by atoms with Gasteiger partial charge in [-0.1, -0.05) is 6.92 Å². The number of likely N-dealkylation sites (tertiary alicyclic amines) is 1. The van der Waals surface area contributed by atoms with Crippen molar-refractivity contribution in [3.63, 3.8) is 0 Å². The van der Waals surface area contributed by atoms with E-state index in [2.05, 4.69) is 20.1 Å². The fraction of sp³-hybridized carbons (Fsp3) is 0.389. The van der Waals surface area contributed by atoms with E-state index < -0.39 is 12.2 Å². The average Bonchev–Trinajstić information content (AvgIpc) is 3.16. The minimum Gasteiger partial charge on any atom is -0.337 e. The molecule has 1 fully saturated rings. The lowest BCUT2D eigenvalue weighted by Gasteiger charge is -2.37. The molecule has 0 aromatic carbocycles. The number of carbonyl (C=O) groups is 1. The van der Waals surface area contributed by atoms with Crippen molar-refractivity contribution in [1.82, 2.24) is 29.5 Å². The predicted octanol–water partition coefficient (Wildman–Crippen LogP) is 2.86. The Kier molecular flexibility index (Phi) is 4.70. The van der Waals surface area contributed by atoms with Crippen LogP contribution >= 0.6 is 0 Å². The normalized spacial score (nSPS) is 20.1. The molecule has 1 amide bonds. The summed E-state index contributed by atoms with van der Waals surface area (Å²) in [5, 5.41) is 4.11. The molecule has 7 nitrogen and oxygen atoms in total. The summed E-state index contributed by atoms with van der Waals surface area (Å²) in [6.45, 7) is 2.82. The molecule has 1 aliphatic heterocycles. The van der Waals surface area contributed by atoms with Gasteiger partial charge in [-0.15, -0.1) is 0 Å². The second kappa shape index (κ2) is 7.17. The number of pyridine rings is 1. The molecule has 0 unspecified atom stereocenters. The van der Waals surface area contributed by atoms with Crippen LogP contribution in [0.3, 0.4) is 0 Å². The molecule has 0 N–H and O–H groups in total. The van der Waals surface area contributed by atoms with E-state index in [0.717, 1.165) is 6.20 Å². The topological polar surface area (TPSA) is 76.3 Å². The van der Waals surface area contributed by atoms with Crippen LogP contribution in [-0.4, -0.2) is 48.5 Å². The molecule has 0 saturated carbocycles. The Bertz CT molecular complexity index is 1010. The highest BCUT2D eigenvalue weighted by atomic mass is 19.3. The highest BCUT2D eigenvalue weighted by Gasteiger charge is 2.33. The molecule has 28 heavy (non-hydrogen) atoms. The molecule has 0 aliphatic carbocycles. The molecule has 3 aromatic heterocycles. The van der Waals surface area contributed by atoms with E-state index in [0.29, 0.717) is 25.2 Å². The molecule has 146 valence electrons. The van der Waals surface area contributed by atoms with Crippen molar-refractivity contribution in [1.29, 1.82) is 0 Å². The molecule has 4 rings (SSSR count). The summed E-state index contributed by atoms with van der Waals surface area (Å²) < 4.78 is 41.1. The van der Waals surface area contributed by atoms with Gasteiger partial charge in [0, 0.05) is 19.0 Å². The van der Waals surface area contributed by atoms with Crippen molar-refractivity contribution in [3.05, 3.63) is 53.6 Å². The average molecular weight is 390 g/mol. The lowest BCUT2D eigenvalue weighted by molar-refractivity contribution is 0.0659. The third kappa shape index (κ3) is 3.30. The standard InChI is InChI=1S/C18H17F3N6O/c1-10-4-5-26(17(28)13-3-2-11(19)7-22-13)8-12(10)15-6-14(16(20)21)25-18-23-9-24-27(15)18/h2-3,6-7,9-10,12,16H,4-5,8H2,1H3/t10-,12-/m1/s1. The molecular weight excluding hydrogens is 373 g/mol. The first-order valence-electron chi connectivity index (χ1n) is 8.83. The van der Waals surface area contributed by atoms with Gasteiger partial charge >= 0.3 is 0 Å². The predicted molar refractivity (Wildman–Crippen MR) is 92.4 cm³/mol. The van der Waals surface area contributed by atoms with Crippen LogP contribution < -0.4 is 0 Å². The van der Waals surface area contributed by atoms with Gasteiger partial charge in [0.15, 0.2) is 0 Å². The second-order valence-corrected chi connectivity index (χ2v) is 6.86. The summed E-state index contributed by atoms with van der Waals surface area (Å²) in [5.41, 5.74) is 0.310. The van der Waals surface area contributed by atoms with Crippen molar-refractivity contribution < 1.29 is 18.0 Å². The molecule has 3 aromatic rings.